The highest BCUT2D eigenvalue weighted by Crippen LogP contribution is 2.27. The van der Waals surface area contributed by atoms with Crippen molar-refractivity contribution < 1.29 is 9.26 Å². The van der Waals surface area contributed by atoms with E-state index >= 15 is 0 Å². The van der Waals surface area contributed by atoms with Crippen LogP contribution in [0.1, 0.15) is 50.2 Å². The van der Waals surface area contributed by atoms with E-state index in [1.807, 2.05) is 0 Å². The quantitative estimate of drug-likeness (QED) is 0.836. The van der Waals surface area contributed by atoms with Gasteiger partial charge in [0, 0.05) is 0 Å². The van der Waals surface area contributed by atoms with Crippen LogP contribution in [0.3, 0.4) is 0 Å². The van der Waals surface area contributed by atoms with Gasteiger partial charge in [-0.1, -0.05) is 23.0 Å². The molecule has 114 valence electrons. The Balaban J connectivity index is 1.65. The first-order chi connectivity index (χ1) is 10.3. The molecule has 0 aromatic carbocycles. The molecule has 2 aromatic rings. The zero-order valence-electron chi connectivity index (χ0n) is 12.0. The lowest BCUT2D eigenvalue weighted by Gasteiger charge is -2.26. The summed E-state index contributed by atoms with van der Waals surface area (Å²) in [5, 5.41) is 8.05. The third kappa shape index (κ3) is 3.28. The molecular weight excluding hydrogens is 290 g/mol. The predicted molar refractivity (Wildman–Crippen MR) is 77.7 cm³/mol. The minimum Gasteiger partial charge on any atom is -0.376 e. The molecule has 1 fully saturated rings. The van der Waals surface area contributed by atoms with Crippen molar-refractivity contribution in [1.29, 1.82) is 0 Å². The van der Waals surface area contributed by atoms with Gasteiger partial charge in [-0.15, -0.1) is 5.10 Å². The fourth-order valence-electron chi connectivity index (χ4n) is 2.10. The van der Waals surface area contributed by atoms with Crippen LogP contribution in [0.2, 0.25) is 0 Å². The maximum absolute atomic E-state index is 6.05. The fourth-order valence-corrected chi connectivity index (χ4v) is 2.73. The number of aromatic nitrogens is 4. The average Bonchev–Trinajstić information content (AvgIpc) is 3.05. The van der Waals surface area contributed by atoms with Gasteiger partial charge in [-0.05, 0) is 37.2 Å². The standard InChI is InChI=1S/C13H19N5O2S/c1-2-4-10-11(21-18-16-10)13-15-12(17-20-13)9(14)7-19-8-5-3-6-8/h8-9H,2-7,14H2,1H3. The van der Waals surface area contributed by atoms with E-state index in [2.05, 4.69) is 26.7 Å². The van der Waals surface area contributed by atoms with Crippen molar-refractivity contribution >= 4 is 11.5 Å². The molecule has 0 spiro atoms. The number of hydrogen-bond donors (Lipinski definition) is 1. The second-order valence-corrected chi connectivity index (χ2v) is 6.00. The minimum absolute atomic E-state index is 0.351. The van der Waals surface area contributed by atoms with Gasteiger partial charge in [0.05, 0.1) is 24.4 Å². The van der Waals surface area contributed by atoms with Gasteiger partial charge < -0.3 is 15.0 Å². The first-order valence-corrected chi connectivity index (χ1v) is 8.07. The lowest BCUT2D eigenvalue weighted by atomic mass is 9.96. The molecular formula is C13H19N5O2S. The van der Waals surface area contributed by atoms with Crippen LogP contribution in [-0.4, -0.2) is 32.4 Å². The van der Waals surface area contributed by atoms with Gasteiger partial charge >= 0.3 is 0 Å². The molecule has 1 unspecified atom stereocenters. The number of nitrogens with zero attached hydrogens (tertiary/aromatic N) is 4. The van der Waals surface area contributed by atoms with Gasteiger partial charge in [0.2, 0.25) is 0 Å². The summed E-state index contributed by atoms with van der Waals surface area (Å²) in [4.78, 5) is 5.20. The van der Waals surface area contributed by atoms with Crippen LogP contribution < -0.4 is 5.73 Å². The Morgan fingerprint density at radius 2 is 2.33 bits per heavy atom. The van der Waals surface area contributed by atoms with Crippen LogP contribution in [0.25, 0.3) is 10.8 Å². The molecule has 0 amide bonds. The number of rotatable bonds is 7. The van der Waals surface area contributed by atoms with Crippen LogP contribution in [0.5, 0.6) is 0 Å². The van der Waals surface area contributed by atoms with Crippen LogP contribution in [0.15, 0.2) is 4.52 Å². The van der Waals surface area contributed by atoms with E-state index < -0.39 is 0 Å². The average molecular weight is 309 g/mol. The van der Waals surface area contributed by atoms with Crippen molar-refractivity contribution in [1.82, 2.24) is 19.7 Å². The number of aryl methyl sites for hydroxylation is 1. The van der Waals surface area contributed by atoms with Crippen molar-refractivity contribution in [2.45, 2.75) is 51.2 Å². The summed E-state index contributed by atoms with van der Waals surface area (Å²) in [6.07, 6.45) is 5.68. The Bertz CT molecular complexity index is 581. The van der Waals surface area contributed by atoms with Crippen molar-refractivity contribution in [3.8, 4) is 10.8 Å². The minimum atomic E-state index is -0.362. The molecule has 7 nitrogen and oxygen atoms in total. The molecule has 1 saturated carbocycles. The summed E-state index contributed by atoms with van der Waals surface area (Å²) in [5.41, 5.74) is 6.95. The van der Waals surface area contributed by atoms with Crippen LogP contribution in [-0.2, 0) is 11.2 Å². The summed E-state index contributed by atoms with van der Waals surface area (Å²) in [6.45, 7) is 2.52. The van der Waals surface area contributed by atoms with Crippen LogP contribution in [0.4, 0.5) is 0 Å². The molecule has 2 aromatic heterocycles. The molecule has 1 atom stereocenters. The fraction of sp³-hybridized carbons (Fsp3) is 0.692. The topological polar surface area (TPSA) is 100.0 Å². The van der Waals surface area contributed by atoms with Crippen molar-refractivity contribution in [2.75, 3.05) is 6.61 Å². The molecule has 21 heavy (non-hydrogen) atoms. The normalized spacial score (nSPS) is 16.9. The second kappa shape index (κ2) is 6.59. The van der Waals surface area contributed by atoms with Gasteiger partial charge in [-0.3, -0.25) is 0 Å². The molecule has 3 rings (SSSR count). The van der Waals surface area contributed by atoms with E-state index in [4.69, 9.17) is 15.0 Å². The summed E-state index contributed by atoms with van der Waals surface area (Å²) in [6, 6.07) is -0.362. The van der Waals surface area contributed by atoms with Gasteiger partial charge in [0.1, 0.15) is 4.88 Å². The Labute approximate surface area is 127 Å². The lowest BCUT2D eigenvalue weighted by molar-refractivity contribution is -0.00549. The van der Waals surface area contributed by atoms with E-state index in [0.29, 0.717) is 24.4 Å². The number of hydrogen-bond acceptors (Lipinski definition) is 8. The monoisotopic (exact) mass is 309 g/mol. The molecule has 1 aliphatic rings. The Morgan fingerprint density at radius 3 is 3.05 bits per heavy atom. The second-order valence-electron chi connectivity index (χ2n) is 5.25. The maximum atomic E-state index is 6.05. The molecule has 0 bridgehead atoms. The molecule has 0 radical (unpaired) electrons. The van der Waals surface area contributed by atoms with Crippen molar-refractivity contribution in [2.24, 2.45) is 5.73 Å². The largest absolute Gasteiger partial charge is 0.376 e. The number of ether oxygens (including phenoxy) is 1. The Morgan fingerprint density at radius 1 is 1.48 bits per heavy atom. The van der Waals surface area contributed by atoms with Gasteiger partial charge in [0.25, 0.3) is 5.89 Å². The SMILES string of the molecule is CCCc1nnsc1-c1nc(C(N)COC2CCC2)no1. The van der Waals surface area contributed by atoms with Crippen LogP contribution in [0, 0.1) is 0 Å². The van der Waals surface area contributed by atoms with Gasteiger partial charge in [0.15, 0.2) is 5.82 Å². The van der Waals surface area contributed by atoms with Crippen LogP contribution >= 0.6 is 11.5 Å². The molecule has 2 heterocycles. The summed E-state index contributed by atoms with van der Waals surface area (Å²) >= 11 is 1.27. The Hall–Kier alpha value is -1.38. The highest BCUT2D eigenvalue weighted by atomic mass is 32.1. The highest BCUT2D eigenvalue weighted by Gasteiger charge is 2.23. The van der Waals surface area contributed by atoms with Crippen molar-refractivity contribution in [3.63, 3.8) is 0 Å². The van der Waals surface area contributed by atoms with Gasteiger partial charge in [-0.2, -0.15) is 4.98 Å². The first kappa shape index (κ1) is 14.6. The zero-order valence-corrected chi connectivity index (χ0v) is 12.8. The van der Waals surface area contributed by atoms with E-state index in [1.54, 1.807) is 0 Å². The third-order valence-corrected chi connectivity index (χ3v) is 4.33. The molecule has 2 N–H and O–H groups in total. The maximum Gasteiger partial charge on any atom is 0.271 e. The van der Waals surface area contributed by atoms with E-state index in [1.165, 1.54) is 18.0 Å². The smallest absolute Gasteiger partial charge is 0.271 e. The summed E-state index contributed by atoms with van der Waals surface area (Å²) in [7, 11) is 0. The third-order valence-electron chi connectivity index (χ3n) is 3.57. The van der Waals surface area contributed by atoms with E-state index in [-0.39, 0.29) is 6.04 Å². The van der Waals surface area contributed by atoms with E-state index in [0.717, 1.165) is 36.3 Å². The Kier molecular flexibility index (Phi) is 4.57. The first-order valence-electron chi connectivity index (χ1n) is 7.30. The van der Waals surface area contributed by atoms with E-state index in [9.17, 15) is 0 Å². The van der Waals surface area contributed by atoms with Gasteiger partial charge in [-0.25, -0.2) is 0 Å². The van der Waals surface area contributed by atoms with Crippen molar-refractivity contribution in [3.05, 3.63) is 11.5 Å². The lowest BCUT2D eigenvalue weighted by Crippen LogP contribution is -2.27. The number of nitrogens with two attached hydrogens (primary N) is 1. The molecule has 8 heteroatoms. The summed E-state index contributed by atoms with van der Waals surface area (Å²) in [5.74, 6) is 0.919. The molecule has 0 saturated heterocycles. The molecule has 1 aliphatic carbocycles. The molecule has 0 aliphatic heterocycles. The summed E-state index contributed by atoms with van der Waals surface area (Å²) < 4.78 is 14.9. The zero-order chi connectivity index (χ0) is 14.7. The predicted octanol–water partition coefficient (Wildman–Crippen LogP) is 2.11. The highest BCUT2D eigenvalue weighted by molar-refractivity contribution is 7.09.